The van der Waals surface area contributed by atoms with Gasteiger partial charge in [0.15, 0.2) is 4.21 Å². The van der Waals surface area contributed by atoms with Crippen molar-refractivity contribution in [1.82, 2.24) is 15.3 Å². The third-order valence-corrected chi connectivity index (χ3v) is 11.6. The molecule has 43 heavy (non-hydrogen) atoms. The van der Waals surface area contributed by atoms with E-state index in [2.05, 4.69) is 20.6 Å². The highest BCUT2D eigenvalue weighted by atomic mass is 35.5. The van der Waals surface area contributed by atoms with Crippen LogP contribution in [0.3, 0.4) is 0 Å². The zero-order chi connectivity index (χ0) is 30.8. The monoisotopic (exact) mass is 650 g/mol. The summed E-state index contributed by atoms with van der Waals surface area (Å²) in [4.78, 5) is 22.4. The number of quaternary nitrogens is 1. The average Bonchev–Trinajstić information content (AvgIpc) is 3.61. The Morgan fingerprint density at radius 3 is 2.47 bits per heavy atom. The summed E-state index contributed by atoms with van der Waals surface area (Å²) in [6.45, 7) is 2.21. The van der Waals surface area contributed by atoms with Gasteiger partial charge >= 0.3 is 22.2 Å². The van der Waals surface area contributed by atoms with Gasteiger partial charge in [0, 0.05) is 43.9 Å². The van der Waals surface area contributed by atoms with Crippen molar-refractivity contribution in [2.75, 3.05) is 11.9 Å². The molecular weight excluding hydrogens is 623 g/mol. The first kappa shape index (κ1) is 30.9. The van der Waals surface area contributed by atoms with Crippen LogP contribution in [0.5, 0.6) is 0 Å². The van der Waals surface area contributed by atoms with Crippen LogP contribution in [0.25, 0.3) is 11.3 Å². The summed E-state index contributed by atoms with van der Waals surface area (Å²) in [6, 6.07) is 13.4. The van der Waals surface area contributed by atoms with Crippen molar-refractivity contribution in [2.45, 2.75) is 49.3 Å². The van der Waals surface area contributed by atoms with Crippen molar-refractivity contribution in [2.24, 2.45) is 0 Å². The number of halogens is 4. The Balaban J connectivity index is 1.44. The van der Waals surface area contributed by atoms with Gasteiger partial charge in [0.05, 0.1) is 15.6 Å². The molecule has 1 aromatic carbocycles. The van der Waals surface area contributed by atoms with Crippen molar-refractivity contribution < 1.29 is 30.3 Å². The minimum absolute atomic E-state index is 0.0248. The van der Waals surface area contributed by atoms with Gasteiger partial charge < -0.3 is 10.6 Å². The molecule has 1 unspecified atom stereocenters. The third kappa shape index (κ3) is 6.40. The summed E-state index contributed by atoms with van der Waals surface area (Å²) < 4.78 is 66.6. The number of sulfonamides is 1. The second-order valence-electron chi connectivity index (χ2n) is 10.2. The van der Waals surface area contributed by atoms with E-state index in [9.17, 15) is 26.4 Å². The zero-order valence-corrected chi connectivity index (χ0v) is 25.3. The second-order valence-corrected chi connectivity index (χ2v) is 14.3. The van der Waals surface area contributed by atoms with E-state index in [1.165, 1.54) is 24.3 Å². The summed E-state index contributed by atoms with van der Waals surface area (Å²) >= 11 is 6.94. The van der Waals surface area contributed by atoms with E-state index < -0.39 is 37.7 Å². The number of thiophene rings is 1. The Hall–Kier alpha value is -3.52. The van der Waals surface area contributed by atoms with Crippen LogP contribution in [0.1, 0.15) is 36.5 Å². The van der Waals surface area contributed by atoms with E-state index in [-0.39, 0.29) is 17.3 Å². The topological polar surface area (TPSA) is 101 Å². The number of nitrogens with zero attached hydrogens (tertiary/aromatic N) is 3. The number of amides is 2. The molecule has 2 N–H and O–H groups in total. The van der Waals surface area contributed by atoms with E-state index in [4.69, 9.17) is 11.6 Å². The lowest BCUT2D eigenvalue weighted by atomic mass is 10.1. The van der Waals surface area contributed by atoms with Crippen LogP contribution >= 0.6 is 22.9 Å². The quantitative estimate of drug-likeness (QED) is 0.198. The highest BCUT2D eigenvalue weighted by Crippen LogP contribution is 2.39. The molecule has 8 nitrogen and oxygen atoms in total. The number of rotatable bonds is 8. The smallest absolute Gasteiger partial charge is 0.366 e. The normalized spacial score (nSPS) is 18.9. The molecular formula is C29H28ClF3N5O3S2+. The number of pyridine rings is 2. The molecule has 0 bridgehead atoms. The van der Waals surface area contributed by atoms with E-state index >= 15 is 0 Å². The molecule has 5 rings (SSSR count). The van der Waals surface area contributed by atoms with Crippen molar-refractivity contribution >= 4 is 44.8 Å². The Morgan fingerprint density at radius 2 is 1.86 bits per heavy atom. The molecule has 1 aliphatic heterocycles. The number of likely N-dealkylation sites (tertiary alicyclic amines) is 1. The number of anilines is 1. The predicted octanol–water partition coefficient (Wildman–Crippen LogP) is 7.09. The van der Waals surface area contributed by atoms with E-state index in [0.29, 0.717) is 46.4 Å². The fraction of sp³-hybridized carbons (Fsp3) is 0.276. The van der Waals surface area contributed by atoms with Crippen LogP contribution in [-0.4, -0.2) is 40.9 Å². The molecule has 4 heterocycles. The van der Waals surface area contributed by atoms with E-state index in [0.717, 1.165) is 29.0 Å². The van der Waals surface area contributed by atoms with E-state index in [1.54, 1.807) is 37.5 Å². The maximum atomic E-state index is 13.8. The molecule has 2 atom stereocenters. The summed E-state index contributed by atoms with van der Waals surface area (Å²) in [5.74, 6) is 0.421. The number of benzene rings is 1. The van der Waals surface area contributed by atoms with Gasteiger partial charge in [-0.05, 0) is 60.5 Å². The first-order valence-electron chi connectivity index (χ1n) is 13.4. The number of carbonyl (C=O) groups is 1. The molecule has 0 spiro atoms. The Bertz CT molecular complexity index is 1720. The van der Waals surface area contributed by atoms with Crippen LogP contribution in [0.15, 0.2) is 77.3 Å². The Kier molecular flexibility index (Phi) is 8.80. The fourth-order valence-corrected chi connectivity index (χ4v) is 8.98. The number of urea groups is 1. The maximum absolute atomic E-state index is 13.8. The van der Waals surface area contributed by atoms with Crippen LogP contribution in [0.4, 0.5) is 23.8 Å². The molecule has 1 saturated heterocycles. The summed E-state index contributed by atoms with van der Waals surface area (Å²) in [7, 11) is -4.11. The van der Waals surface area contributed by atoms with Gasteiger partial charge in [-0.2, -0.15) is 21.6 Å². The highest BCUT2D eigenvalue weighted by Gasteiger charge is 2.57. The highest BCUT2D eigenvalue weighted by molar-refractivity contribution is 7.88. The predicted molar refractivity (Wildman–Crippen MR) is 159 cm³/mol. The lowest BCUT2D eigenvalue weighted by molar-refractivity contribution is -0.733. The lowest BCUT2D eigenvalue weighted by Gasteiger charge is -2.33. The van der Waals surface area contributed by atoms with Crippen LogP contribution < -0.4 is 10.6 Å². The first-order valence-corrected chi connectivity index (χ1v) is 16.0. The fourth-order valence-electron chi connectivity index (χ4n) is 5.18. The van der Waals surface area contributed by atoms with Crippen LogP contribution in [0.2, 0.25) is 4.34 Å². The minimum Gasteiger partial charge on any atom is -0.366 e. The number of carbonyl (C=O) groups excluding carboxylic acids is 1. The second kappa shape index (κ2) is 12.2. The molecule has 3 aromatic heterocycles. The lowest BCUT2D eigenvalue weighted by Crippen LogP contribution is -2.62. The average molecular weight is 651 g/mol. The standard InChI is InChI=1S/C29H27ClF3N5O3S2/c1-19-4-3-13-38(19,43(40,41)27-11-10-25(30)42-27)28(39)36-18-21-14-24(22-6-8-23(9-7-22)29(31,32)33)37-26(15-21)35-17-20-5-2-12-34-16-20/h2,5-12,14-16,19H,3-4,13,17-18H2,1H3,(H-,35,36,37,39)/p+1/t19-,38?/m1/s1. The molecule has 0 saturated carbocycles. The van der Waals surface area contributed by atoms with Gasteiger partial charge in [-0.1, -0.05) is 29.8 Å². The van der Waals surface area contributed by atoms with Gasteiger partial charge in [-0.15, -0.1) is 15.2 Å². The van der Waals surface area contributed by atoms with Crippen LogP contribution in [0, 0.1) is 0 Å². The molecule has 226 valence electrons. The molecule has 0 aliphatic carbocycles. The molecule has 4 aromatic rings. The zero-order valence-electron chi connectivity index (χ0n) is 22.9. The van der Waals surface area contributed by atoms with Crippen molar-refractivity contribution in [3.63, 3.8) is 0 Å². The Morgan fingerprint density at radius 1 is 1.09 bits per heavy atom. The Labute approximate surface area is 256 Å². The maximum Gasteiger partial charge on any atom is 0.432 e. The van der Waals surface area contributed by atoms with Crippen molar-refractivity contribution in [3.8, 4) is 11.3 Å². The van der Waals surface area contributed by atoms with Gasteiger partial charge in [0.1, 0.15) is 18.4 Å². The van der Waals surface area contributed by atoms with Crippen molar-refractivity contribution in [3.05, 3.63) is 94.1 Å². The largest absolute Gasteiger partial charge is 0.432 e. The van der Waals surface area contributed by atoms with Gasteiger partial charge in [0.2, 0.25) is 0 Å². The molecule has 2 amide bonds. The molecule has 0 radical (unpaired) electrons. The minimum atomic E-state index is -4.48. The summed E-state index contributed by atoms with van der Waals surface area (Å²) in [6.07, 6.45) is -0.0221. The van der Waals surface area contributed by atoms with E-state index in [1.807, 2.05) is 6.07 Å². The molecule has 1 aliphatic rings. The summed E-state index contributed by atoms with van der Waals surface area (Å²) in [5, 5.41) is 6.01. The number of nitrogens with one attached hydrogen (secondary N) is 2. The van der Waals surface area contributed by atoms with Crippen molar-refractivity contribution in [1.29, 1.82) is 0 Å². The van der Waals surface area contributed by atoms with Gasteiger partial charge in [0.25, 0.3) is 0 Å². The number of aromatic nitrogens is 2. The SMILES string of the molecule is C[C@@H]1CCC[N+]1(C(=O)NCc1cc(NCc2cccnc2)nc(-c2ccc(C(F)(F)F)cc2)c1)S(=O)(=O)c1ccc(Cl)s1. The van der Waals surface area contributed by atoms with Gasteiger partial charge in [-0.3, -0.25) is 4.98 Å². The molecule has 1 fully saturated rings. The number of hydrogen-bond acceptors (Lipinski definition) is 7. The third-order valence-electron chi connectivity index (χ3n) is 7.43. The summed E-state index contributed by atoms with van der Waals surface area (Å²) in [5.41, 5.74) is 1.50. The van der Waals surface area contributed by atoms with Crippen LogP contribution in [-0.2, 0) is 29.3 Å². The number of hydrogen-bond donors (Lipinski definition) is 2. The number of alkyl halides is 3. The van der Waals surface area contributed by atoms with Gasteiger partial charge in [-0.25, -0.2) is 9.78 Å². The molecule has 14 heteroatoms. The first-order chi connectivity index (χ1) is 20.4.